The Balaban J connectivity index is 2.79. The van der Waals surface area contributed by atoms with Gasteiger partial charge in [0.1, 0.15) is 0 Å². The van der Waals surface area contributed by atoms with Gasteiger partial charge in [-0.05, 0) is 23.6 Å². The van der Waals surface area contributed by atoms with E-state index in [9.17, 15) is 0 Å². The summed E-state index contributed by atoms with van der Waals surface area (Å²) in [5.74, 6) is 0. The largest absolute Gasteiger partial charge is 0.390 e. The predicted octanol–water partition coefficient (Wildman–Crippen LogP) is 3.25. The fourth-order valence-electron chi connectivity index (χ4n) is 1.37. The summed E-state index contributed by atoms with van der Waals surface area (Å²) in [6.07, 6.45) is 0. The molecule has 0 saturated heterocycles. The number of nitrogens with two attached hydrogens (primary N) is 1. The van der Waals surface area contributed by atoms with E-state index in [4.69, 9.17) is 11.0 Å². The lowest BCUT2D eigenvalue weighted by molar-refractivity contribution is 1.49. The predicted molar refractivity (Wildman–Crippen MR) is 63.6 cm³/mol. The maximum atomic E-state index is 8.78. The molecule has 0 aliphatic heterocycles. The molecule has 2 aromatic rings. The topological polar surface area (TPSA) is 49.8 Å². The smallest absolute Gasteiger partial charge is 0.0991 e. The lowest BCUT2D eigenvalue weighted by Gasteiger charge is -1.94. The number of nitrogen functional groups attached to an aromatic ring is 1. The number of fused-ring (bicyclic) bond motifs is 1. The second kappa shape index (κ2) is 3.60. The molecule has 2 nitrogen and oxygen atoms in total. The molecular weight excluding hydrogens is 260 g/mol. The number of nitrogens with zero attached hydrogens (tertiary/aromatic N) is 1. The number of benzene rings is 1. The van der Waals surface area contributed by atoms with E-state index < -0.39 is 0 Å². The SMILES string of the molecule is N#Cc1ccc2sc(N)c(CBr)c2c1. The van der Waals surface area contributed by atoms with E-state index in [2.05, 4.69) is 22.0 Å². The van der Waals surface area contributed by atoms with Crippen LogP contribution in [0.15, 0.2) is 18.2 Å². The highest BCUT2D eigenvalue weighted by Gasteiger charge is 2.08. The molecule has 0 amide bonds. The van der Waals surface area contributed by atoms with Crippen molar-refractivity contribution >= 4 is 42.4 Å². The van der Waals surface area contributed by atoms with Crippen molar-refractivity contribution in [2.24, 2.45) is 0 Å². The summed E-state index contributed by atoms with van der Waals surface area (Å²) < 4.78 is 1.14. The summed E-state index contributed by atoms with van der Waals surface area (Å²) in [6, 6.07) is 7.78. The molecule has 1 aromatic carbocycles. The molecule has 0 aliphatic carbocycles. The summed E-state index contributed by atoms with van der Waals surface area (Å²) in [5, 5.41) is 11.4. The molecule has 14 heavy (non-hydrogen) atoms. The van der Waals surface area contributed by atoms with Gasteiger partial charge >= 0.3 is 0 Å². The molecule has 0 spiro atoms. The van der Waals surface area contributed by atoms with Crippen LogP contribution in [-0.2, 0) is 5.33 Å². The standard InChI is InChI=1S/C10H7BrN2S/c11-4-8-7-3-6(5-12)1-2-9(7)14-10(8)13/h1-3H,4,13H2. The van der Waals surface area contributed by atoms with E-state index in [0.29, 0.717) is 5.56 Å². The van der Waals surface area contributed by atoms with Crippen LogP contribution < -0.4 is 5.73 Å². The lowest BCUT2D eigenvalue weighted by atomic mass is 10.1. The molecule has 0 fully saturated rings. The van der Waals surface area contributed by atoms with Crippen molar-refractivity contribution in [2.45, 2.75) is 5.33 Å². The highest BCUT2D eigenvalue weighted by Crippen LogP contribution is 2.35. The van der Waals surface area contributed by atoms with Crippen LogP contribution in [-0.4, -0.2) is 0 Å². The van der Waals surface area contributed by atoms with E-state index >= 15 is 0 Å². The van der Waals surface area contributed by atoms with Crippen molar-refractivity contribution < 1.29 is 0 Å². The number of hydrogen-bond donors (Lipinski definition) is 1. The molecule has 0 radical (unpaired) electrons. The minimum Gasteiger partial charge on any atom is -0.390 e. The van der Waals surface area contributed by atoms with Gasteiger partial charge in [0.2, 0.25) is 0 Å². The first-order valence-electron chi connectivity index (χ1n) is 4.03. The molecule has 70 valence electrons. The third-order valence-corrected chi connectivity index (χ3v) is 3.69. The summed E-state index contributed by atoms with van der Waals surface area (Å²) in [4.78, 5) is 0. The molecule has 0 saturated carbocycles. The van der Waals surface area contributed by atoms with Gasteiger partial charge < -0.3 is 5.73 Å². The van der Waals surface area contributed by atoms with Crippen molar-refractivity contribution in [1.29, 1.82) is 5.26 Å². The first kappa shape index (κ1) is 9.50. The summed E-state index contributed by atoms with van der Waals surface area (Å²) in [5.41, 5.74) is 7.62. The van der Waals surface area contributed by atoms with E-state index in [1.807, 2.05) is 18.2 Å². The van der Waals surface area contributed by atoms with Crippen LogP contribution in [0.5, 0.6) is 0 Å². The Labute approximate surface area is 94.1 Å². The van der Waals surface area contributed by atoms with Gasteiger partial charge in [-0.2, -0.15) is 5.26 Å². The van der Waals surface area contributed by atoms with Crippen molar-refractivity contribution in [3.05, 3.63) is 29.3 Å². The van der Waals surface area contributed by atoms with E-state index in [0.717, 1.165) is 26.0 Å². The maximum Gasteiger partial charge on any atom is 0.0991 e. The zero-order valence-electron chi connectivity index (χ0n) is 7.25. The highest BCUT2D eigenvalue weighted by molar-refractivity contribution is 9.08. The molecule has 4 heteroatoms. The average Bonchev–Trinajstić information content (AvgIpc) is 2.52. The lowest BCUT2D eigenvalue weighted by Crippen LogP contribution is -1.84. The number of alkyl halides is 1. The quantitative estimate of drug-likeness (QED) is 0.806. The number of nitriles is 1. The van der Waals surface area contributed by atoms with Gasteiger partial charge in [0, 0.05) is 15.6 Å². The molecule has 1 heterocycles. The number of rotatable bonds is 1. The van der Waals surface area contributed by atoms with Gasteiger partial charge in [-0.15, -0.1) is 11.3 Å². The first-order chi connectivity index (χ1) is 6.76. The molecule has 0 aliphatic rings. The normalized spacial score (nSPS) is 10.3. The maximum absolute atomic E-state index is 8.78. The first-order valence-corrected chi connectivity index (χ1v) is 5.97. The van der Waals surface area contributed by atoms with Crippen LogP contribution in [0.25, 0.3) is 10.1 Å². The Morgan fingerprint density at radius 1 is 1.50 bits per heavy atom. The fraction of sp³-hybridized carbons (Fsp3) is 0.100. The van der Waals surface area contributed by atoms with Gasteiger partial charge in [-0.1, -0.05) is 15.9 Å². The fourth-order valence-corrected chi connectivity index (χ4v) is 3.14. The molecule has 2 rings (SSSR count). The van der Waals surface area contributed by atoms with E-state index in [1.165, 1.54) is 0 Å². The zero-order chi connectivity index (χ0) is 10.1. The molecule has 2 N–H and O–H groups in total. The Bertz CT molecular complexity index is 525. The molecule has 0 atom stereocenters. The van der Waals surface area contributed by atoms with Crippen molar-refractivity contribution in [1.82, 2.24) is 0 Å². The van der Waals surface area contributed by atoms with Gasteiger partial charge in [0.25, 0.3) is 0 Å². The van der Waals surface area contributed by atoms with Crippen LogP contribution >= 0.6 is 27.3 Å². The molecule has 1 aromatic heterocycles. The van der Waals surface area contributed by atoms with Crippen LogP contribution in [0.1, 0.15) is 11.1 Å². The third kappa shape index (κ3) is 1.39. The van der Waals surface area contributed by atoms with Crippen molar-refractivity contribution in [3.63, 3.8) is 0 Å². The van der Waals surface area contributed by atoms with Gasteiger partial charge in [0.05, 0.1) is 16.6 Å². The molecule has 0 unspecified atom stereocenters. The summed E-state index contributed by atoms with van der Waals surface area (Å²) >= 11 is 4.96. The third-order valence-electron chi connectivity index (χ3n) is 2.08. The van der Waals surface area contributed by atoms with Crippen LogP contribution in [0, 0.1) is 11.3 Å². The van der Waals surface area contributed by atoms with E-state index in [-0.39, 0.29) is 0 Å². The Hall–Kier alpha value is -1.05. The average molecular weight is 267 g/mol. The van der Waals surface area contributed by atoms with Crippen molar-refractivity contribution in [2.75, 3.05) is 5.73 Å². The van der Waals surface area contributed by atoms with Crippen LogP contribution in [0.3, 0.4) is 0 Å². The minimum atomic E-state index is 0.678. The van der Waals surface area contributed by atoms with E-state index in [1.54, 1.807) is 11.3 Å². The minimum absolute atomic E-state index is 0.678. The van der Waals surface area contributed by atoms with Crippen LogP contribution in [0.4, 0.5) is 5.00 Å². The zero-order valence-corrected chi connectivity index (χ0v) is 9.65. The number of halogens is 1. The van der Waals surface area contributed by atoms with Gasteiger partial charge in [-0.25, -0.2) is 0 Å². The summed E-state index contributed by atoms with van der Waals surface area (Å²) in [7, 11) is 0. The Morgan fingerprint density at radius 3 is 2.93 bits per heavy atom. The number of anilines is 1. The molecule has 0 bridgehead atoms. The van der Waals surface area contributed by atoms with Crippen molar-refractivity contribution in [3.8, 4) is 6.07 Å². The second-order valence-electron chi connectivity index (χ2n) is 2.90. The number of hydrogen-bond acceptors (Lipinski definition) is 3. The van der Waals surface area contributed by atoms with Gasteiger partial charge in [-0.3, -0.25) is 0 Å². The monoisotopic (exact) mass is 266 g/mol. The highest BCUT2D eigenvalue weighted by atomic mass is 79.9. The van der Waals surface area contributed by atoms with Gasteiger partial charge in [0.15, 0.2) is 0 Å². The number of thiophene rings is 1. The second-order valence-corrected chi connectivity index (χ2v) is 4.55. The summed E-state index contributed by atoms with van der Waals surface area (Å²) in [6.45, 7) is 0. The van der Waals surface area contributed by atoms with Crippen LogP contribution in [0.2, 0.25) is 0 Å². The Morgan fingerprint density at radius 2 is 2.29 bits per heavy atom. The Kier molecular flexibility index (Phi) is 2.44. The molecular formula is C10H7BrN2S.